The van der Waals surface area contributed by atoms with Crippen LogP contribution >= 0.6 is 35.7 Å². The maximum Gasteiger partial charge on any atom is 0.191 e. The second-order valence-electron chi connectivity index (χ2n) is 3.51. The fourth-order valence-electron chi connectivity index (χ4n) is 1.51. The van der Waals surface area contributed by atoms with Crippen molar-refractivity contribution in [2.24, 2.45) is 4.99 Å². The number of guanidine groups is 1. The number of ether oxygens (including phenoxy) is 1. The molecule has 1 aliphatic heterocycles. The lowest BCUT2D eigenvalue weighted by atomic mass is 10.2. The number of hydrogen-bond donors (Lipinski definition) is 2. The maximum absolute atomic E-state index is 4.97. The van der Waals surface area contributed by atoms with Crippen LogP contribution in [0.3, 0.4) is 0 Å². The topological polar surface area (TPSA) is 45.7 Å². The van der Waals surface area contributed by atoms with Crippen LogP contribution in [0, 0.1) is 0 Å². The Bertz CT molecular complexity index is 199. The first-order valence-corrected chi connectivity index (χ1v) is 6.46. The molecular formula is C10H22IN3OS. The van der Waals surface area contributed by atoms with E-state index in [0.717, 1.165) is 24.3 Å². The van der Waals surface area contributed by atoms with Gasteiger partial charge in [-0.1, -0.05) is 0 Å². The molecule has 1 aliphatic rings. The fraction of sp³-hybridized carbons (Fsp3) is 0.900. The summed E-state index contributed by atoms with van der Waals surface area (Å²) in [4.78, 5) is 4.15. The summed E-state index contributed by atoms with van der Waals surface area (Å²) in [6.45, 7) is 2.52. The monoisotopic (exact) mass is 359 g/mol. The van der Waals surface area contributed by atoms with Gasteiger partial charge in [-0.25, -0.2) is 0 Å². The van der Waals surface area contributed by atoms with Crippen LogP contribution in [0.15, 0.2) is 4.99 Å². The molecule has 96 valence electrons. The highest BCUT2D eigenvalue weighted by Gasteiger charge is 2.15. The van der Waals surface area contributed by atoms with Crippen molar-refractivity contribution in [3.8, 4) is 0 Å². The minimum absolute atomic E-state index is 0. The molecule has 0 aromatic carbocycles. The molecule has 0 amide bonds. The van der Waals surface area contributed by atoms with E-state index < -0.39 is 0 Å². The minimum Gasteiger partial charge on any atom is -0.383 e. The largest absolute Gasteiger partial charge is 0.383 e. The van der Waals surface area contributed by atoms with Gasteiger partial charge in [-0.3, -0.25) is 4.99 Å². The van der Waals surface area contributed by atoms with Crippen molar-refractivity contribution in [1.29, 1.82) is 0 Å². The average molecular weight is 359 g/mol. The molecule has 0 spiro atoms. The molecule has 1 fully saturated rings. The van der Waals surface area contributed by atoms with Gasteiger partial charge in [0.2, 0.25) is 0 Å². The van der Waals surface area contributed by atoms with Crippen LogP contribution in [0.2, 0.25) is 0 Å². The van der Waals surface area contributed by atoms with Gasteiger partial charge in [-0.2, -0.15) is 11.8 Å². The van der Waals surface area contributed by atoms with Crippen LogP contribution in [-0.2, 0) is 4.74 Å². The summed E-state index contributed by atoms with van der Waals surface area (Å²) in [5.74, 6) is 2.18. The Morgan fingerprint density at radius 3 is 2.88 bits per heavy atom. The van der Waals surface area contributed by atoms with Crippen molar-refractivity contribution in [3.63, 3.8) is 0 Å². The first kappa shape index (κ1) is 16.3. The zero-order valence-electron chi connectivity index (χ0n) is 9.99. The van der Waals surface area contributed by atoms with Gasteiger partial charge in [0.25, 0.3) is 0 Å². The number of nitrogens with one attached hydrogen (secondary N) is 2. The minimum atomic E-state index is 0. The van der Waals surface area contributed by atoms with E-state index in [1.165, 1.54) is 18.6 Å². The molecule has 1 saturated heterocycles. The van der Waals surface area contributed by atoms with Crippen LogP contribution in [-0.4, -0.2) is 50.8 Å². The predicted molar refractivity (Wildman–Crippen MR) is 82.1 cm³/mol. The normalized spacial score (nSPS) is 20.4. The second-order valence-corrected chi connectivity index (χ2v) is 4.92. The number of hydrogen-bond acceptors (Lipinski definition) is 3. The third-order valence-electron chi connectivity index (χ3n) is 2.34. The Labute approximate surface area is 119 Å². The third kappa shape index (κ3) is 6.80. The van der Waals surface area contributed by atoms with E-state index in [4.69, 9.17) is 4.74 Å². The quantitative estimate of drug-likeness (QED) is 0.336. The van der Waals surface area contributed by atoms with Crippen molar-refractivity contribution in [1.82, 2.24) is 10.6 Å². The molecule has 0 bridgehead atoms. The molecule has 0 saturated carbocycles. The Morgan fingerprint density at radius 2 is 2.31 bits per heavy atom. The van der Waals surface area contributed by atoms with E-state index in [2.05, 4.69) is 27.4 Å². The number of halogens is 1. The SMILES string of the molecule is CN=C(NCCOC)NCC1CCCS1.I. The highest BCUT2D eigenvalue weighted by atomic mass is 127. The summed E-state index contributed by atoms with van der Waals surface area (Å²) in [6.07, 6.45) is 2.68. The van der Waals surface area contributed by atoms with Crippen LogP contribution < -0.4 is 10.6 Å². The fourth-order valence-corrected chi connectivity index (χ4v) is 2.71. The van der Waals surface area contributed by atoms with E-state index in [1.807, 2.05) is 0 Å². The molecule has 0 aromatic heterocycles. The summed E-state index contributed by atoms with van der Waals surface area (Å²) in [5.41, 5.74) is 0. The molecule has 1 rings (SSSR count). The molecule has 0 radical (unpaired) electrons. The third-order valence-corrected chi connectivity index (χ3v) is 3.74. The van der Waals surface area contributed by atoms with E-state index >= 15 is 0 Å². The molecule has 2 N–H and O–H groups in total. The van der Waals surface area contributed by atoms with Crippen molar-refractivity contribution in [2.75, 3.05) is 39.6 Å². The summed E-state index contributed by atoms with van der Waals surface area (Å²) < 4.78 is 4.97. The molecule has 1 unspecified atom stereocenters. The Morgan fingerprint density at radius 1 is 1.50 bits per heavy atom. The van der Waals surface area contributed by atoms with Crippen molar-refractivity contribution < 1.29 is 4.74 Å². The van der Waals surface area contributed by atoms with Crippen molar-refractivity contribution in [2.45, 2.75) is 18.1 Å². The lowest BCUT2D eigenvalue weighted by molar-refractivity contribution is 0.203. The first-order chi connectivity index (χ1) is 7.36. The van der Waals surface area contributed by atoms with Gasteiger partial charge < -0.3 is 15.4 Å². The Balaban J connectivity index is 0.00000225. The highest BCUT2D eigenvalue weighted by Crippen LogP contribution is 2.25. The number of aliphatic imine (C=N–C) groups is 1. The van der Waals surface area contributed by atoms with Crippen molar-refractivity contribution in [3.05, 3.63) is 0 Å². The predicted octanol–water partition coefficient (Wildman–Crippen LogP) is 1.31. The molecule has 1 atom stereocenters. The van der Waals surface area contributed by atoms with Gasteiger partial charge in [0.05, 0.1) is 6.61 Å². The van der Waals surface area contributed by atoms with Crippen LogP contribution in [0.1, 0.15) is 12.8 Å². The number of rotatable bonds is 5. The number of thioether (sulfide) groups is 1. The zero-order chi connectivity index (χ0) is 10.9. The summed E-state index contributed by atoms with van der Waals surface area (Å²) in [5, 5.41) is 7.29. The Hall–Kier alpha value is 0.310. The van der Waals surface area contributed by atoms with Crippen LogP contribution in [0.25, 0.3) is 0 Å². The number of nitrogens with zero attached hydrogens (tertiary/aromatic N) is 1. The average Bonchev–Trinajstić information content (AvgIpc) is 2.76. The van der Waals surface area contributed by atoms with Gasteiger partial charge in [0.15, 0.2) is 5.96 Å². The second kappa shape index (κ2) is 10.5. The first-order valence-electron chi connectivity index (χ1n) is 5.42. The van der Waals surface area contributed by atoms with E-state index in [1.54, 1.807) is 14.2 Å². The smallest absolute Gasteiger partial charge is 0.191 e. The summed E-state index contributed by atoms with van der Waals surface area (Å²) >= 11 is 2.05. The summed E-state index contributed by atoms with van der Waals surface area (Å²) in [7, 11) is 3.50. The Kier molecular flexibility index (Phi) is 10.7. The highest BCUT2D eigenvalue weighted by molar-refractivity contribution is 14.0. The molecule has 0 aliphatic carbocycles. The van der Waals surface area contributed by atoms with E-state index in [-0.39, 0.29) is 24.0 Å². The molecule has 0 aromatic rings. The lowest BCUT2D eigenvalue weighted by Crippen LogP contribution is -2.41. The molecule has 1 heterocycles. The lowest BCUT2D eigenvalue weighted by Gasteiger charge is -2.14. The van der Waals surface area contributed by atoms with Gasteiger partial charge in [0.1, 0.15) is 0 Å². The van der Waals surface area contributed by atoms with Crippen molar-refractivity contribution >= 4 is 41.7 Å². The van der Waals surface area contributed by atoms with Gasteiger partial charge in [-0.15, -0.1) is 24.0 Å². The molecule has 6 heteroatoms. The molecular weight excluding hydrogens is 337 g/mol. The van der Waals surface area contributed by atoms with Crippen LogP contribution in [0.4, 0.5) is 0 Å². The van der Waals surface area contributed by atoms with Gasteiger partial charge in [0, 0.05) is 32.5 Å². The van der Waals surface area contributed by atoms with Gasteiger partial charge in [-0.05, 0) is 18.6 Å². The maximum atomic E-state index is 4.97. The number of methoxy groups -OCH3 is 1. The molecule has 4 nitrogen and oxygen atoms in total. The van der Waals surface area contributed by atoms with E-state index in [0.29, 0.717) is 6.61 Å². The van der Waals surface area contributed by atoms with Crippen LogP contribution in [0.5, 0.6) is 0 Å². The molecule has 16 heavy (non-hydrogen) atoms. The zero-order valence-corrected chi connectivity index (χ0v) is 13.1. The van der Waals surface area contributed by atoms with E-state index in [9.17, 15) is 0 Å². The standard InChI is InChI=1S/C10H21N3OS.HI/c1-11-10(12-5-6-14-2)13-8-9-4-3-7-15-9;/h9H,3-8H2,1-2H3,(H2,11,12,13);1H. The summed E-state index contributed by atoms with van der Waals surface area (Å²) in [6, 6.07) is 0. The van der Waals surface area contributed by atoms with Gasteiger partial charge >= 0.3 is 0 Å².